The van der Waals surface area contributed by atoms with Gasteiger partial charge < -0.3 is 5.11 Å². The van der Waals surface area contributed by atoms with Gasteiger partial charge in [0, 0.05) is 10.8 Å². The molecule has 0 unspecified atom stereocenters. The van der Waals surface area contributed by atoms with E-state index in [2.05, 4.69) is 9.97 Å². The Hall–Kier alpha value is -1.48. The van der Waals surface area contributed by atoms with Crippen molar-refractivity contribution in [3.8, 4) is 10.7 Å². The van der Waals surface area contributed by atoms with Crippen LogP contribution in [0, 0.1) is 0 Å². The lowest BCUT2D eigenvalue weighted by atomic mass is 9.98. The van der Waals surface area contributed by atoms with E-state index in [0.29, 0.717) is 11.3 Å². The van der Waals surface area contributed by atoms with Gasteiger partial charge >= 0.3 is 12.1 Å². The van der Waals surface area contributed by atoms with Gasteiger partial charge in [0.2, 0.25) is 0 Å². The number of carboxylic acid groups (broad SMARTS) is 1. The summed E-state index contributed by atoms with van der Waals surface area (Å²) in [7, 11) is 0. The average molecular weight is 336 g/mol. The number of aromatic carboxylic acids is 1. The number of hydrogen-bond donors (Lipinski definition) is 1. The number of carbonyl (C=O) groups is 1. The molecule has 0 aromatic carbocycles. The van der Waals surface area contributed by atoms with Crippen LogP contribution in [0.25, 0.3) is 10.7 Å². The van der Waals surface area contributed by atoms with Gasteiger partial charge in [-0.25, -0.2) is 14.8 Å². The van der Waals surface area contributed by atoms with E-state index in [1.165, 1.54) is 11.3 Å². The zero-order chi connectivity index (χ0) is 16.0. The van der Waals surface area contributed by atoms with Crippen molar-refractivity contribution in [1.82, 2.24) is 9.97 Å². The molecule has 0 radical (unpaired) electrons. The van der Waals surface area contributed by atoms with E-state index >= 15 is 0 Å². The van der Waals surface area contributed by atoms with Gasteiger partial charge in [-0.1, -0.05) is 20.8 Å². The number of thiazole rings is 2. The lowest BCUT2D eigenvalue weighted by molar-refractivity contribution is -0.141. The maximum Gasteiger partial charge on any atom is 0.435 e. The summed E-state index contributed by atoms with van der Waals surface area (Å²) in [5.74, 6) is -1.64. The van der Waals surface area contributed by atoms with Gasteiger partial charge in [-0.3, -0.25) is 0 Å². The molecule has 0 saturated carbocycles. The SMILES string of the molecule is CC(C)(C)c1nc(-c2nc(C(F)(F)F)c(C(=O)O)s2)cs1. The standard InChI is InChI=1S/C12H11F3N2O2S2/c1-11(2,3)10-16-5(4-20-10)8-17-7(12(13,14)15)6(21-8)9(18)19/h4H,1-3H3,(H,18,19). The van der Waals surface area contributed by atoms with Crippen LogP contribution < -0.4 is 0 Å². The van der Waals surface area contributed by atoms with Crippen LogP contribution in [0.4, 0.5) is 13.2 Å². The zero-order valence-electron chi connectivity index (χ0n) is 11.3. The van der Waals surface area contributed by atoms with Gasteiger partial charge in [-0.05, 0) is 0 Å². The minimum atomic E-state index is -4.80. The van der Waals surface area contributed by atoms with Crippen molar-refractivity contribution in [3.63, 3.8) is 0 Å². The van der Waals surface area contributed by atoms with Gasteiger partial charge in [0.15, 0.2) is 5.69 Å². The quantitative estimate of drug-likeness (QED) is 0.889. The van der Waals surface area contributed by atoms with Crippen molar-refractivity contribution in [2.75, 3.05) is 0 Å². The van der Waals surface area contributed by atoms with Gasteiger partial charge in [0.25, 0.3) is 0 Å². The number of alkyl halides is 3. The van der Waals surface area contributed by atoms with Crippen molar-refractivity contribution in [1.29, 1.82) is 0 Å². The normalized spacial score (nSPS) is 12.7. The smallest absolute Gasteiger partial charge is 0.435 e. The van der Waals surface area contributed by atoms with E-state index in [9.17, 15) is 18.0 Å². The molecule has 1 N–H and O–H groups in total. The van der Waals surface area contributed by atoms with Crippen LogP contribution in [0.2, 0.25) is 0 Å². The highest BCUT2D eigenvalue weighted by Crippen LogP contribution is 2.38. The van der Waals surface area contributed by atoms with Crippen LogP contribution in [0.3, 0.4) is 0 Å². The summed E-state index contributed by atoms with van der Waals surface area (Å²) in [6.45, 7) is 5.80. The molecular formula is C12H11F3N2O2S2. The molecule has 0 amide bonds. The summed E-state index contributed by atoms with van der Waals surface area (Å²) in [6.07, 6.45) is -4.80. The molecule has 2 rings (SSSR count). The Bertz CT molecular complexity index is 683. The molecular weight excluding hydrogens is 325 g/mol. The van der Waals surface area contributed by atoms with Crippen LogP contribution in [-0.2, 0) is 11.6 Å². The molecule has 0 aliphatic carbocycles. The fourth-order valence-corrected chi connectivity index (χ4v) is 3.33. The second kappa shape index (κ2) is 5.06. The van der Waals surface area contributed by atoms with Crippen LogP contribution >= 0.6 is 22.7 Å². The maximum atomic E-state index is 12.8. The van der Waals surface area contributed by atoms with Gasteiger partial charge in [-0.2, -0.15) is 13.2 Å². The van der Waals surface area contributed by atoms with Gasteiger partial charge in [0.1, 0.15) is 15.6 Å². The number of hydrogen-bond acceptors (Lipinski definition) is 5. The molecule has 2 aromatic rings. The molecule has 0 bridgehead atoms. The van der Waals surface area contributed by atoms with E-state index in [1.807, 2.05) is 20.8 Å². The first-order valence-corrected chi connectivity index (χ1v) is 7.47. The summed E-state index contributed by atoms with van der Waals surface area (Å²) in [6, 6.07) is 0. The van der Waals surface area contributed by atoms with Crippen molar-refractivity contribution in [2.45, 2.75) is 32.4 Å². The first-order chi connectivity index (χ1) is 9.50. The molecule has 114 valence electrons. The summed E-state index contributed by atoms with van der Waals surface area (Å²) in [4.78, 5) is 17.8. The van der Waals surface area contributed by atoms with Crippen LogP contribution in [-0.4, -0.2) is 21.0 Å². The third-order valence-electron chi connectivity index (χ3n) is 2.45. The fraction of sp³-hybridized carbons (Fsp3) is 0.417. The zero-order valence-corrected chi connectivity index (χ0v) is 12.9. The fourth-order valence-electron chi connectivity index (χ4n) is 1.48. The molecule has 0 saturated heterocycles. The Morgan fingerprint density at radius 2 is 1.86 bits per heavy atom. The third-order valence-corrected chi connectivity index (χ3v) is 4.79. The first kappa shape index (κ1) is 15.9. The molecule has 21 heavy (non-hydrogen) atoms. The largest absolute Gasteiger partial charge is 0.477 e. The molecule has 0 fully saturated rings. The van der Waals surface area contributed by atoms with Crippen molar-refractivity contribution < 1.29 is 23.1 Å². The van der Waals surface area contributed by atoms with Crippen LogP contribution in [0.15, 0.2) is 5.38 Å². The lowest BCUT2D eigenvalue weighted by Crippen LogP contribution is -2.11. The summed E-state index contributed by atoms with van der Waals surface area (Å²) < 4.78 is 38.4. The molecule has 2 heterocycles. The summed E-state index contributed by atoms with van der Waals surface area (Å²) >= 11 is 1.79. The molecule has 0 atom stereocenters. The van der Waals surface area contributed by atoms with Crippen molar-refractivity contribution in [2.24, 2.45) is 0 Å². The molecule has 9 heteroatoms. The number of nitrogens with zero attached hydrogens (tertiary/aromatic N) is 2. The van der Waals surface area contributed by atoms with E-state index < -0.39 is 22.7 Å². The van der Waals surface area contributed by atoms with Crippen molar-refractivity contribution >= 4 is 28.6 Å². The number of aromatic nitrogens is 2. The van der Waals surface area contributed by atoms with Gasteiger partial charge in [-0.15, -0.1) is 22.7 Å². The highest BCUT2D eigenvalue weighted by molar-refractivity contribution is 7.17. The second-order valence-electron chi connectivity index (χ2n) is 5.29. The summed E-state index contributed by atoms with van der Waals surface area (Å²) in [5, 5.41) is 11.2. The van der Waals surface area contributed by atoms with E-state index in [0.717, 1.165) is 5.01 Å². The van der Waals surface area contributed by atoms with Crippen molar-refractivity contribution in [3.05, 3.63) is 21.0 Å². The molecule has 0 aliphatic rings. The highest BCUT2D eigenvalue weighted by Gasteiger charge is 2.40. The first-order valence-electron chi connectivity index (χ1n) is 5.78. The number of carboxylic acids is 1. The Balaban J connectivity index is 2.51. The van der Waals surface area contributed by atoms with E-state index in [-0.39, 0.29) is 16.1 Å². The minimum Gasteiger partial charge on any atom is -0.477 e. The van der Waals surface area contributed by atoms with Crippen LogP contribution in [0.5, 0.6) is 0 Å². The van der Waals surface area contributed by atoms with Crippen LogP contribution in [0.1, 0.15) is 41.1 Å². The monoisotopic (exact) mass is 336 g/mol. The second-order valence-corrected chi connectivity index (χ2v) is 7.14. The molecule has 4 nitrogen and oxygen atoms in total. The number of rotatable bonds is 2. The summed E-state index contributed by atoms with van der Waals surface area (Å²) in [5.41, 5.74) is -1.34. The van der Waals surface area contributed by atoms with E-state index in [1.54, 1.807) is 5.38 Å². The predicted molar refractivity (Wildman–Crippen MR) is 73.9 cm³/mol. The Morgan fingerprint density at radius 1 is 1.24 bits per heavy atom. The van der Waals surface area contributed by atoms with E-state index in [4.69, 9.17) is 5.11 Å². The Labute approximate surface area is 126 Å². The predicted octanol–water partition coefficient (Wildman–Crippen LogP) is 4.28. The Morgan fingerprint density at radius 3 is 2.24 bits per heavy atom. The molecule has 0 spiro atoms. The maximum absolute atomic E-state index is 12.8. The highest BCUT2D eigenvalue weighted by atomic mass is 32.1. The third kappa shape index (κ3) is 3.24. The minimum absolute atomic E-state index is 0.0357. The molecule has 0 aliphatic heterocycles. The average Bonchev–Trinajstić information content (AvgIpc) is 2.93. The Kier molecular flexibility index (Phi) is 3.83. The molecule has 2 aromatic heterocycles. The van der Waals surface area contributed by atoms with Gasteiger partial charge in [0.05, 0.1) is 5.01 Å². The number of halogens is 3. The topological polar surface area (TPSA) is 63.1 Å². The lowest BCUT2D eigenvalue weighted by Gasteiger charge is -2.13.